The third kappa shape index (κ3) is 5.15. The first-order valence-electron chi connectivity index (χ1n) is 10.1. The standard InChI is InChI=1S/C23H20N6O4S/c1-15-14-21(25-16(2)24-15)28-34(32,33)19-10-8-17(9-11-19)26-23(31)22-20(30)12-13-29(27-22)18-6-4-3-5-7-18/h3-14H,1-2H3,(H,26,31)(H,24,25,28). The van der Waals surface area contributed by atoms with Crippen molar-refractivity contribution in [3.8, 4) is 5.69 Å². The Hall–Kier alpha value is -4.38. The number of benzene rings is 2. The highest BCUT2D eigenvalue weighted by Crippen LogP contribution is 2.18. The highest BCUT2D eigenvalue weighted by molar-refractivity contribution is 7.92. The van der Waals surface area contributed by atoms with E-state index in [0.717, 1.165) is 0 Å². The fourth-order valence-electron chi connectivity index (χ4n) is 3.16. The minimum absolute atomic E-state index is 0.0244. The van der Waals surface area contributed by atoms with Crippen LogP contribution in [-0.2, 0) is 10.0 Å². The van der Waals surface area contributed by atoms with E-state index in [1.165, 1.54) is 47.3 Å². The number of anilines is 2. The van der Waals surface area contributed by atoms with Gasteiger partial charge in [-0.3, -0.25) is 14.3 Å². The van der Waals surface area contributed by atoms with Crippen molar-refractivity contribution < 1.29 is 13.2 Å². The Kier molecular flexibility index (Phi) is 6.19. The molecule has 0 saturated heterocycles. The summed E-state index contributed by atoms with van der Waals surface area (Å²) >= 11 is 0. The van der Waals surface area contributed by atoms with Gasteiger partial charge in [0.15, 0.2) is 5.69 Å². The summed E-state index contributed by atoms with van der Waals surface area (Å²) in [6.45, 7) is 3.40. The molecule has 34 heavy (non-hydrogen) atoms. The first-order chi connectivity index (χ1) is 16.2. The van der Waals surface area contributed by atoms with Crippen LogP contribution >= 0.6 is 0 Å². The first-order valence-corrected chi connectivity index (χ1v) is 11.6. The van der Waals surface area contributed by atoms with Crippen molar-refractivity contribution in [3.63, 3.8) is 0 Å². The molecule has 0 aliphatic rings. The second-order valence-electron chi connectivity index (χ2n) is 7.33. The molecule has 0 spiro atoms. The van der Waals surface area contributed by atoms with Gasteiger partial charge in [0.25, 0.3) is 15.9 Å². The Balaban J connectivity index is 1.52. The van der Waals surface area contributed by atoms with E-state index in [9.17, 15) is 18.0 Å². The summed E-state index contributed by atoms with van der Waals surface area (Å²) in [4.78, 5) is 33.0. The number of nitrogens with one attached hydrogen (secondary N) is 2. The molecule has 10 nitrogen and oxygen atoms in total. The number of hydrogen-bond donors (Lipinski definition) is 2. The highest BCUT2D eigenvalue weighted by atomic mass is 32.2. The van der Waals surface area contributed by atoms with Crippen LogP contribution in [0.3, 0.4) is 0 Å². The van der Waals surface area contributed by atoms with E-state index in [-0.39, 0.29) is 16.4 Å². The maximum atomic E-state index is 12.7. The van der Waals surface area contributed by atoms with Crippen molar-refractivity contribution in [1.82, 2.24) is 19.7 Å². The fourth-order valence-corrected chi connectivity index (χ4v) is 4.16. The van der Waals surface area contributed by atoms with E-state index in [4.69, 9.17) is 0 Å². The third-order valence-corrected chi connectivity index (χ3v) is 6.04. The van der Waals surface area contributed by atoms with E-state index in [1.807, 2.05) is 18.2 Å². The minimum atomic E-state index is -3.91. The van der Waals surface area contributed by atoms with Gasteiger partial charge in [-0.25, -0.2) is 23.1 Å². The summed E-state index contributed by atoms with van der Waals surface area (Å²) in [6.07, 6.45) is 1.47. The van der Waals surface area contributed by atoms with Gasteiger partial charge in [-0.15, -0.1) is 0 Å². The normalized spacial score (nSPS) is 11.1. The molecule has 2 aromatic carbocycles. The Morgan fingerprint density at radius 2 is 1.65 bits per heavy atom. The largest absolute Gasteiger partial charge is 0.320 e. The molecular weight excluding hydrogens is 456 g/mol. The summed E-state index contributed by atoms with van der Waals surface area (Å²) in [5.41, 5.74) is 0.786. The van der Waals surface area contributed by atoms with Crippen molar-refractivity contribution in [2.75, 3.05) is 10.0 Å². The van der Waals surface area contributed by atoms with Crippen LogP contribution in [0.25, 0.3) is 5.69 Å². The van der Waals surface area contributed by atoms with Crippen LogP contribution in [0.1, 0.15) is 22.0 Å². The number of hydrogen-bond acceptors (Lipinski definition) is 7. The predicted molar refractivity (Wildman–Crippen MR) is 127 cm³/mol. The number of aromatic nitrogens is 4. The predicted octanol–water partition coefficient (Wildman–Crippen LogP) is 2.69. The van der Waals surface area contributed by atoms with Gasteiger partial charge in [-0.2, -0.15) is 5.10 Å². The van der Waals surface area contributed by atoms with E-state index in [0.29, 0.717) is 22.9 Å². The van der Waals surface area contributed by atoms with Crippen molar-refractivity contribution in [2.45, 2.75) is 18.7 Å². The number of para-hydroxylation sites is 1. The summed E-state index contributed by atoms with van der Waals surface area (Å²) in [5, 5.41) is 6.70. The number of rotatable bonds is 6. The summed E-state index contributed by atoms with van der Waals surface area (Å²) < 4.78 is 29.2. The van der Waals surface area contributed by atoms with Crippen LogP contribution in [0, 0.1) is 13.8 Å². The van der Waals surface area contributed by atoms with Gasteiger partial charge in [-0.05, 0) is 50.2 Å². The smallest absolute Gasteiger partial charge is 0.280 e. The zero-order chi connectivity index (χ0) is 24.3. The number of aryl methyl sites for hydroxylation is 2. The van der Waals surface area contributed by atoms with Gasteiger partial charge in [0.05, 0.1) is 10.6 Å². The zero-order valence-corrected chi connectivity index (χ0v) is 19.1. The Labute approximate surface area is 195 Å². The molecule has 4 rings (SSSR count). The monoisotopic (exact) mass is 476 g/mol. The van der Waals surface area contributed by atoms with Crippen molar-refractivity contribution in [2.24, 2.45) is 0 Å². The average molecular weight is 477 g/mol. The van der Waals surface area contributed by atoms with Gasteiger partial charge in [0, 0.05) is 29.7 Å². The van der Waals surface area contributed by atoms with Crippen LogP contribution in [-0.4, -0.2) is 34.1 Å². The molecule has 2 aromatic heterocycles. The molecule has 11 heteroatoms. The molecule has 172 valence electrons. The van der Waals surface area contributed by atoms with Crippen LogP contribution in [0.2, 0.25) is 0 Å². The molecule has 2 N–H and O–H groups in total. The van der Waals surface area contributed by atoms with Crippen LogP contribution < -0.4 is 15.5 Å². The molecular formula is C23H20N6O4S. The Bertz CT molecular complexity index is 1500. The molecule has 1 amide bonds. The molecule has 4 aromatic rings. The fraction of sp³-hybridized carbons (Fsp3) is 0.0870. The molecule has 0 radical (unpaired) electrons. The number of carbonyl (C=O) groups is 1. The quantitative estimate of drug-likeness (QED) is 0.437. The first kappa shape index (κ1) is 22.8. The maximum absolute atomic E-state index is 12.7. The van der Waals surface area contributed by atoms with Gasteiger partial charge in [-0.1, -0.05) is 18.2 Å². The van der Waals surface area contributed by atoms with Crippen molar-refractivity contribution >= 4 is 27.4 Å². The van der Waals surface area contributed by atoms with Crippen LogP contribution in [0.5, 0.6) is 0 Å². The average Bonchev–Trinajstić information content (AvgIpc) is 2.79. The Morgan fingerprint density at radius 3 is 2.32 bits per heavy atom. The summed E-state index contributed by atoms with van der Waals surface area (Å²) in [5.74, 6) is -0.111. The van der Waals surface area contributed by atoms with Crippen molar-refractivity contribution in [3.05, 3.63) is 100 Å². The zero-order valence-electron chi connectivity index (χ0n) is 18.3. The van der Waals surface area contributed by atoms with Crippen molar-refractivity contribution in [1.29, 1.82) is 0 Å². The maximum Gasteiger partial charge on any atom is 0.280 e. The highest BCUT2D eigenvalue weighted by Gasteiger charge is 2.17. The number of amides is 1. The van der Waals surface area contributed by atoms with E-state index in [2.05, 4.69) is 25.1 Å². The van der Waals surface area contributed by atoms with Crippen LogP contribution in [0.4, 0.5) is 11.5 Å². The molecule has 0 bridgehead atoms. The number of carbonyl (C=O) groups excluding carboxylic acids is 1. The Morgan fingerprint density at radius 1 is 0.941 bits per heavy atom. The number of nitrogens with zero attached hydrogens (tertiary/aromatic N) is 4. The summed E-state index contributed by atoms with van der Waals surface area (Å²) in [7, 11) is -3.91. The lowest BCUT2D eigenvalue weighted by molar-refractivity contribution is 0.101. The lowest BCUT2D eigenvalue weighted by atomic mass is 10.3. The lowest BCUT2D eigenvalue weighted by Crippen LogP contribution is -2.25. The minimum Gasteiger partial charge on any atom is -0.320 e. The summed E-state index contributed by atoms with van der Waals surface area (Å²) in [6, 6.07) is 17.3. The molecule has 0 fully saturated rings. The second kappa shape index (κ2) is 9.24. The van der Waals surface area contributed by atoms with Crippen LogP contribution in [0.15, 0.2) is 82.6 Å². The molecule has 2 heterocycles. The SMILES string of the molecule is Cc1cc(NS(=O)(=O)c2ccc(NC(=O)c3nn(-c4ccccc4)ccc3=O)cc2)nc(C)n1. The lowest BCUT2D eigenvalue weighted by Gasteiger charge is -2.10. The molecule has 0 aliphatic carbocycles. The third-order valence-electron chi connectivity index (χ3n) is 4.67. The molecule has 0 saturated carbocycles. The molecule has 0 unspecified atom stereocenters. The van der Waals surface area contributed by atoms with E-state index in [1.54, 1.807) is 26.0 Å². The molecule has 0 atom stereocenters. The number of sulfonamides is 1. The van der Waals surface area contributed by atoms with E-state index >= 15 is 0 Å². The van der Waals surface area contributed by atoms with Gasteiger partial charge >= 0.3 is 0 Å². The van der Waals surface area contributed by atoms with Gasteiger partial charge < -0.3 is 5.32 Å². The van der Waals surface area contributed by atoms with Gasteiger partial charge in [0.2, 0.25) is 5.43 Å². The second-order valence-corrected chi connectivity index (χ2v) is 9.02. The van der Waals surface area contributed by atoms with E-state index < -0.39 is 21.4 Å². The topological polar surface area (TPSA) is 136 Å². The molecule has 0 aliphatic heterocycles. The van der Waals surface area contributed by atoms with Gasteiger partial charge in [0.1, 0.15) is 11.6 Å².